The van der Waals surface area contributed by atoms with Crippen molar-refractivity contribution in [1.82, 2.24) is 0 Å². The number of hydrogen-bond acceptors (Lipinski definition) is 5. The summed E-state index contributed by atoms with van der Waals surface area (Å²) in [5.74, 6) is -3.82. The van der Waals surface area contributed by atoms with Gasteiger partial charge in [-0.3, -0.25) is 10.1 Å². The Morgan fingerprint density at radius 2 is 1.89 bits per heavy atom. The highest BCUT2D eigenvalue weighted by molar-refractivity contribution is 5.36. The van der Waals surface area contributed by atoms with Crippen molar-refractivity contribution < 1.29 is 27.9 Å². The van der Waals surface area contributed by atoms with Crippen LogP contribution in [0.15, 0.2) is 48.5 Å². The fourth-order valence-electron chi connectivity index (χ4n) is 2.88. The van der Waals surface area contributed by atoms with Gasteiger partial charge in [-0.05, 0) is 24.6 Å². The van der Waals surface area contributed by atoms with Gasteiger partial charge in [0.15, 0.2) is 12.4 Å². The fraction of sp³-hybridized carbons (Fsp3) is 0.368. The van der Waals surface area contributed by atoms with Gasteiger partial charge in [0.05, 0.1) is 18.1 Å². The molecular weight excluding hydrogens is 360 g/mol. The van der Waals surface area contributed by atoms with E-state index in [0.29, 0.717) is 19.6 Å². The van der Waals surface area contributed by atoms with Crippen LogP contribution in [0.4, 0.5) is 14.5 Å². The number of hydrogen-bond donors (Lipinski definition) is 0. The Hall–Kier alpha value is -2.58. The Labute approximate surface area is 154 Å². The van der Waals surface area contributed by atoms with Crippen LogP contribution in [0, 0.1) is 10.1 Å². The van der Waals surface area contributed by atoms with Crippen LogP contribution >= 0.6 is 0 Å². The largest absolute Gasteiger partial charge is 0.487 e. The number of nitro groups is 1. The first kappa shape index (κ1) is 19.2. The van der Waals surface area contributed by atoms with E-state index < -0.39 is 28.8 Å². The highest BCUT2D eigenvalue weighted by Gasteiger charge is 2.34. The molecule has 1 aliphatic rings. The number of halogens is 2. The predicted octanol–water partition coefficient (Wildman–Crippen LogP) is 4.07. The van der Waals surface area contributed by atoms with Crippen LogP contribution in [-0.4, -0.2) is 30.5 Å². The maximum Gasteiger partial charge on any atom is 0.306 e. The second-order valence-corrected chi connectivity index (χ2v) is 6.46. The molecule has 0 aliphatic carbocycles. The zero-order chi connectivity index (χ0) is 19.5. The molecule has 0 atom stereocenters. The van der Waals surface area contributed by atoms with E-state index >= 15 is 0 Å². The first-order valence-corrected chi connectivity index (χ1v) is 8.40. The molecule has 0 N–H and O–H groups in total. The van der Waals surface area contributed by atoms with Gasteiger partial charge in [0.1, 0.15) is 5.75 Å². The lowest BCUT2D eigenvalue weighted by molar-refractivity contribution is -0.385. The van der Waals surface area contributed by atoms with Crippen LogP contribution in [0.1, 0.15) is 18.1 Å². The Kier molecular flexibility index (Phi) is 5.38. The van der Waals surface area contributed by atoms with Crippen molar-refractivity contribution in [2.45, 2.75) is 25.1 Å². The molecule has 8 heteroatoms. The lowest BCUT2D eigenvalue weighted by Gasteiger charge is -2.22. The minimum absolute atomic E-state index is 0.277. The van der Waals surface area contributed by atoms with Gasteiger partial charge in [0, 0.05) is 24.1 Å². The van der Waals surface area contributed by atoms with E-state index in [1.807, 2.05) is 13.0 Å². The molecule has 1 saturated heterocycles. The Bertz CT molecular complexity index is 821. The molecule has 2 aromatic rings. The second-order valence-electron chi connectivity index (χ2n) is 6.46. The third-order valence-electron chi connectivity index (χ3n) is 4.22. The van der Waals surface area contributed by atoms with E-state index in [1.165, 1.54) is 6.07 Å². The normalized spacial score (nSPS) is 16.3. The summed E-state index contributed by atoms with van der Waals surface area (Å²) >= 11 is 0. The van der Waals surface area contributed by atoms with Crippen LogP contribution in [0.2, 0.25) is 0 Å². The van der Waals surface area contributed by atoms with E-state index in [4.69, 9.17) is 14.2 Å². The maximum atomic E-state index is 14.4. The predicted molar refractivity (Wildman–Crippen MR) is 92.9 cm³/mol. The maximum absolute atomic E-state index is 14.4. The van der Waals surface area contributed by atoms with Crippen molar-refractivity contribution in [3.05, 3.63) is 69.8 Å². The van der Waals surface area contributed by atoms with Crippen LogP contribution in [0.5, 0.6) is 5.75 Å². The number of benzene rings is 2. The van der Waals surface area contributed by atoms with Gasteiger partial charge < -0.3 is 14.2 Å². The van der Waals surface area contributed by atoms with Gasteiger partial charge in [0.2, 0.25) is 0 Å². The molecule has 6 nitrogen and oxygen atoms in total. The first-order chi connectivity index (χ1) is 12.8. The zero-order valence-corrected chi connectivity index (χ0v) is 14.7. The van der Waals surface area contributed by atoms with E-state index in [0.717, 1.165) is 23.8 Å². The summed E-state index contributed by atoms with van der Waals surface area (Å²) in [5.41, 5.74) is -0.0253. The topological polar surface area (TPSA) is 70.8 Å². The van der Waals surface area contributed by atoms with Crippen molar-refractivity contribution in [1.29, 1.82) is 0 Å². The molecule has 0 saturated carbocycles. The monoisotopic (exact) mass is 379 g/mol. The van der Waals surface area contributed by atoms with Crippen molar-refractivity contribution in [3.8, 4) is 5.75 Å². The van der Waals surface area contributed by atoms with Gasteiger partial charge >= 0.3 is 5.92 Å². The van der Waals surface area contributed by atoms with Gasteiger partial charge in [-0.2, -0.15) is 8.78 Å². The number of nitro benzene ring substituents is 1. The molecule has 0 spiro atoms. The molecule has 1 fully saturated rings. The van der Waals surface area contributed by atoms with Crippen molar-refractivity contribution in [3.63, 3.8) is 0 Å². The van der Waals surface area contributed by atoms with Crippen molar-refractivity contribution >= 4 is 5.69 Å². The quantitative estimate of drug-likeness (QED) is 0.536. The summed E-state index contributed by atoms with van der Waals surface area (Å²) < 4.78 is 45.1. The van der Waals surface area contributed by atoms with E-state index in [1.54, 1.807) is 18.2 Å². The zero-order valence-electron chi connectivity index (χ0n) is 14.7. The first-order valence-electron chi connectivity index (χ1n) is 8.40. The van der Waals surface area contributed by atoms with E-state index in [2.05, 4.69) is 0 Å². The molecule has 0 radical (unpaired) electrons. The molecule has 0 bridgehead atoms. The van der Waals surface area contributed by atoms with Crippen molar-refractivity contribution in [2.75, 3.05) is 19.8 Å². The van der Waals surface area contributed by atoms with Gasteiger partial charge in [0.25, 0.3) is 5.69 Å². The minimum Gasteiger partial charge on any atom is -0.487 e. The standard InChI is InChI=1S/C19H19F2NO5/c1-18(26-8-9-27-18)12-14-4-2-7-17(10-14)25-13-19(20,21)15-5-3-6-16(11-15)22(23)24/h2-7,10-11H,8-9,12-13H2,1H3. The van der Waals surface area contributed by atoms with E-state index in [9.17, 15) is 18.9 Å². The highest BCUT2D eigenvalue weighted by atomic mass is 19.3. The lowest BCUT2D eigenvalue weighted by Crippen LogP contribution is -2.28. The van der Waals surface area contributed by atoms with Crippen molar-refractivity contribution in [2.24, 2.45) is 0 Å². The lowest BCUT2D eigenvalue weighted by atomic mass is 10.1. The summed E-state index contributed by atoms with van der Waals surface area (Å²) in [4.78, 5) is 10.1. The number of nitrogens with zero attached hydrogens (tertiary/aromatic N) is 1. The molecule has 0 amide bonds. The molecule has 0 aromatic heterocycles. The summed E-state index contributed by atoms with van der Waals surface area (Å²) in [6.07, 6.45) is 0.464. The van der Waals surface area contributed by atoms with Gasteiger partial charge in [-0.1, -0.05) is 24.3 Å². The van der Waals surface area contributed by atoms with Gasteiger partial charge in [-0.25, -0.2) is 0 Å². The van der Waals surface area contributed by atoms with E-state index in [-0.39, 0.29) is 11.4 Å². The van der Waals surface area contributed by atoms with Crippen LogP contribution in [0.3, 0.4) is 0 Å². The average molecular weight is 379 g/mol. The Balaban J connectivity index is 1.67. The Morgan fingerprint density at radius 1 is 1.19 bits per heavy atom. The molecule has 1 heterocycles. The minimum atomic E-state index is -3.37. The summed E-state index contributed by atoms with van der Waals surface area (Å²) in [6, 6.07) is 11.2. The molecule has 0 unspecified atom stereocenters. The fourth-order valence-corrected chi connectivity index (χ4v) is 2.88. The van der Waals surface area contributed by atoms with Crippen LogP contribution in [0.25, 0.3) is 0 Å². The van der Waals surface area contributed by atoms with Crippen LogP contribution < -0.4 is 4.74 Å². The molecular formula is C19H19F2NO5. The number of non-ortho nitro benzene ring substituents is 1. The summed E-state index contributed by atoms with van der Waals surface area (Å²) in [6.45, 7) is 1.93. The average Bonchev–Trinajstić information content (AvgIpc) is 3.06. The summed E-state index contributed by atoms with van der Waals surface area (Å²) in [5, 5.41) is 10.8. The molecule has 2 aromatic carbocycles. The highest BCUT2D eigenvalue weighted by Crippen LogP contribution is 2.32. The Morgan fingerprint density at radius 3 is 2.59 bits per heavy atom. The molecule has 27 heavy (non-hydrogen) atoms. The number of alkyl halides is 2. The van der Waals surface area contributed by atoms with Gasteiger partial charge in [-0.15, -0.1) is 0 Å². The SMILES string of the molecule is CC1(Cc2cccc(OCC(F)(F)c3cccc([N+](=O)[O-])c3)c2)OCCO1. The number of ether oxygens (including phenoxy) is 3. The smallest absolute Gasteiger partial charge is 0.306 e. The van der Waals surface area contributed by atoms with Crippen LogP contribution in [-0.2, 0) is 21.8 Å². The third-order valence-corrected chi connectivity index (χ3v) is 4.22. The second kappa shape index (κ2) is 7.58. The molecule has 1 aliphatic heterocycles. The third kappa shape index (κ3) is 4.78. The summed E-state index contributed by atoms with van der Waals surface area (Å²) in [7, 11) is 0. The molecule has 144 valence electrons. The number of rotatable bonds is 7. The molecule has 3 rings (SSSR count).